The Hall–Kier alpha value is -2.08. The van der Waals surface area contributed by atoms with Gasteiger partial charge in [0.15, 0.2) is 6.10 Å². The highest BCUT2D eigenvalue weighted by Gasteiger charge is 2.30. The number of carbonyl (C=O) groups is 2. The Labute approximate surface area is 137 Å². The highest BCUT2D eigenvalue weighted by molar-refractivity contribution is 5.95. The van der Waals surface area contributed by atoms with E-state index in [1.165, 1.54) is 4.90 Å². The van der Waals surface area contributed by atoms with Crippen LogP contribution in [0.5, 0.6) is 5.75 Å². The average Bonchev–Trinajstić information content (AvgIpc) is 2.53. The SMILES string of the molecule is COc1c(C)cc(C(=O)N2CCOC(C(=O)N(C)C)C2)cc1C. The van der Waals surface area contributed by atoms with E-state index < -0.39 is 6.10 Å². The van der Waals surface area contributed by atoms with Gasteiger partial charge in [0.1, 0.15) is 5.75 Å². The molecule has 0 saturated carbocycles. The molecule has 0 spiro atoms. The smallest absolute Gasteiger partial charge is 0.254 e. The monoisotopic (exact) mass is 320 g/mol. The van der Waals surface area contributed by atoms with Gasteiger partial charge in [-0.15, -0.1) is 0 Å². The molecule has 23 heavy (non-hydrogen) atoms. The maximum Gasteiger partial charge on any atom is 0.254 e. The molecule has 1 aromatic rings. The van der Waals surface area contributed by atoms with Gasteiger partial charge >= 0.3 is 0 Å². The van der Waals surface area contributed by atoms with Gasteiger partial charge in [-0.25, -0.2) is 0 Å². The minimum atomic E-state index is -0.594. The third-order valence-corrected chi connectivity index (χ3v) is 3.98. The average molecular weight is 320 g/mol. The van der Waals surface area contributed by atoms with E-state index in [-0.39, 0.29) is 18.4 Å². The van der Waals surface area contributed by atoms with Crippen molar-refractivity contribution in [1.82, 2.24) is 9.80 Å². The highest BCUT2D eigenvalue weighted by atomic mass is 16.5. The van der Waals surface area contributed by atoms with Crippen molar-refractivity contribution in [2.75, 3.05) is 40.9 Å². The standard InChI is InChI=1S/C17H24N2O4/c1-11-8-13(9-12(2)15(11)22-5)16(20)19-6-7-23-14(10-19)17(21)18(3)4/h8-9,14H,6-7,10H2,1-5H3. The fourth-order valence-corrected chi connectivity index (χ4v) is 2.85. The number of methoxy groups -OCH3 is 1. The summed E-state index contributed by atoms with van der Waals surface area (Å²) < 4.78 is 10.8. The Morgan fingerprint density at radius 1 is 1.26 bits per heavy atom. The number of aryl methyl sites for hydroxylation is 2. The van der Waals surface area contributed by atoms with Gasteiger partial charge in [0.25, 0.3) is 11.8 Å². The first-order chi connectivity index (χ1) is 10.8. The largest absolute Gasteiger partial charge is 0.496 e. The van der Waals surface area contributed by atoms with Crippen LogP contribution < -0.4 is 4.74 Å². The Kier molecular flexibility index (Phi) is 5.26. The van der Waals surface area contributed by atoms with Gasteiger partial charge in [-0.3, -0.25) is 9.59 Å². The maximum absolute atomic E-state index is 12.7. The van der Waals surface area contributed by atoms with E-state index in [0.717, 1.165) is 16.9 Å². The number of morpholine rings is 1. The maximum atomic E-state index is 12.7. The highest BCUT2D eigenvalue weighted by Crippen LogP contribution is 2.25. The van der Waals surface area contributed by atoms with Crippen molar-refractivity contribution >= 4 is 11.8 Å². The number of ether oxygens (including phenoxy) is 2. The molecule has 0 aliphatic carbocycles. The van der Waals surface area contributed by atoms with Crippen LogP contribution in [-0.4, -0.2) is 68.6 Å². The number of rotatable bonds is 3. The number of likely N-dealkylation sites (N-methyl/N-ethyl adjacent to an activating group) is 1. The summed E-state index contributed by atoms with van der Waals surface area (Å²) in [6.07, 6.45) is -0.594. The zero-order valence-corrected chi connectivity index (χ0v) is 14.4. The van der Waals surface area contributed by atoms with E-state index in [0.29, 0.717) is 18.7 Å². The molecule has 1 atom stereocenters. The molecule has 1 fully saturated rings. The van der Waals surface area contributed by atoms with Crippen molar-refractivity contribution < 1.29 is 19.1 Å². The van der Waals surface area contributed by atoms with E-state index in [1.54, 1.807) is 26.1 Å². The van der Waals surface area contributed by atoms with Gasteiger partial charge in [0.05, 0.1) is 20.3 Å². The molecule has 2 rings (SSSR count). The van der Waals surface area contributed by atoms with Gasteiger partial charge in [0.2, 0.25) is 0 Å². The van der Waals surface area contributed by atoms with E-state index >= 15 is 0 Å². The first-order valence-electron chi connectivity index (χ1n) is 7.62. The summed E-state index contributed by atoms with van der Waals surface area (Å²) in [5, 5.41) is 0. The van der Waals surface area contributed by atoms with Crippen LogP contribution in [-0.2, 0) is 9.53 Å². The summed E-state index contributed by atoms with van der Waals surface area (Å²) in [7, 11) is 4.99. The zero-order chi connectivity index (χ0) is 17.1. The summed E-state index contributed by atoms with van der Waals surface area (Å²) in [5.74, 6) is 0.590. The van der Waals surface area contributed by atoms with Crippen LogP contribution in [0, 0.1) is 13.8 Å². The van der Waals surface area contributed by atoms with Crippen LogP contribution in [0.2, 0.25) is 0 Å². The van der Waals surface area contributed by atoms with Gasteiger partial charge in [-0.1, -0.05) is 0 Å². The van der Waals surface area contributed by atoms with Gasteiger partial charge in [0, 0.05) is 26.2 Å². The second-order valence-corrected chi connectivity index (χ2v) is 5.99. The Balaban J connectivity index is 2.18. The lowest BCUT2D eigenvalue weighted by atomic mass is 10.0. The lowest BCUT2D eigenvalue weighted by molar-refractivity contribution is -0.145. The van der Waals surface area contributed by atoms with E-state index in [1.807, 2.05) is 26.0 Å². The number of amides is 2. The lowest BCUT2D eigenvalue weighted by Gasteiger charge is -2.33. The Morgan fingerprint density at radius 2 is 1.87 bits per heavy atom. The second-order valence-electron chi connectivity index (χ2n) is 5.99. The second kappa shape index (κ2) is 7.00. The minimum absolute atomic E-state index is 0.0845. The number of hydrogen-bond acceptors (Lipinski definition) is 4. The molecule has 0 aromatic heterocycles. The Bertz CT molecular complexity index is 590. The van der Waals surface area contributed by atoms with Crippen molar-refractivity contribution in [3.8, 4) is 5.75 Å². The number of benzene rings is 1. The molecule has 1 saturated heterocycles. The van der Waals surface area contributed by atoms with Crippen molar-refractivity contribution in [2.45, 2.75) is 20.0 Å². The molecule has 1 unspecified atom stereocenters. The predicted molar refractivity (Wildman–Crippen MR) is 86.8 cm³/mol. The molecule has 0 radical (unpaired) electrons. The van der Waals surface area contributed by atoms with Crippen molar-refractivity contribution in [3.63, 3.8) is 0 Å². The first kappa shape index (κ1) is 17.3. The van der Waals surface area contributed by atoms with Gasteiger partial charge in [-0.2, -0.15) is 0 Å². The van der Waals surface area contributed by atoms with Crippen LogP contribution in [0.1, 0.15) is 21.5 Å². The first-order valence-corrected chi connectivity index (χ1v) is 7.62. The van der Waals surface area contributed by atoms with E-state index in [4.69, 9.17) is 9.47 Å². The summed E-state index contributed by atoms with van der Waals surface area (Å²) in [6, 6.07) is 3.65. The molecule has 6 nitrogen and oxygen atoms in total. The molecule has 1 heterocycles. The summed E-state index contributed by atoms with van der Waals surface area (Å²) >= 11 is 0. The molecule has 1 aromatic carbocycles. The molecule has 0 bridgehead atoms. The molecular weight excluding hydrogens is 296 g/mol. The molecule has 126 valence electrons. The quantitative estimate of drug-likeness (QED) is 0.841. The third kappa shape index (κ3) is 3.64. The summed E-state index contributed by atoms with van der Waals surface area (Å²) in [6.45, 7) is 4.96. The number of hydrogen-bond donors (Lipinski definition) is 0. The molecule has 1 aliphatic heterocycles. The third-order valence-electron chi connectivity index (χ3n) is 3.98. The summed E-state index contributed by atoms with van der Waals surface area (Å²) in [4.78, 5) is 28.0. The predicted octanol–water partition coefficient (Wildman–Crippen LogP) is 1.24. The van der Waals surface area contributed by atoms with Gasteiger partial charge in [-0.05, 0) is 37.1 Å². The van der Waals surface area contributed by atoms with Crippen LogP contribution in [0.4, 0.5) is 0 Å². The molecule has 6 heteroatoms. The molecule has 2 amide bonds. The number of nitrogens with zero attached hydrogens (tertiary/aromatic N) is 2. The van der Waals surface area contributed by atoms with Crippen molar-refractivity contribution in [2.24, 2.45) is 0 Å². The molecular formula is C17H24N2O4. The minimum Gasteiger partial charge on any atom is -0.496 e. The van der Waals surface area contributed by atoms with Crippen molar-refractivity contribution in [3.05, 3.63) is 28.8 Å². The van der Waals surface area contributed by atoms with Crippen LogP contribution in [0.3, 0.4) is 0 Å². The van der Waals surface area contributed by atoms with E-state index in [9.17, 15) is 9.59 Å². The summed E-state index contributed by atoms with van der Waals surface area (Å²) in [5.41, 5.74) is 2.45. The fraction of sp³-hybridized carbons (Fsp3) is 0.529. The zero-order valence-electron chi connectivity index (χ0n) is 14.4. The van der Waals surface area contributed by atoms with Gasteiger partial charge < -0.3 is 19.3 Å². The molecule has 1 aliphatic rings. The normalized spacial score (nSPS) is 17.8. The van der Waals surface area contributed by atoms with Crippen molar-refractivity contribution in [1.29, 1.82) is 0 Å². The van der Waals surface area contributed by atoms with Crippen LogP contribution in [0.15, 0.2) is 12.1 Å². The number of carbonyl (C=O) groups excluding carboxylic acids is 2. The van der Waals surface area contributed by atoms with Crippen LogP contribution >= 0.6 is 0 Å². The fourth-order valence-electron chi connectivity index (χ4n) is 2.85. The topological polar surface area (TPSA) is 59.1 Å². The van der Waals surface area contributed by atoms with E-state index in [2.05, 4.69) is 0 Å². The Morgan fingerprint density at radius 3 is 2.39 bits per heavy atom. The molecule has 0 N–H and O–H groups in total. The lowest BCUT2D eigenvalue weighted by Crippen LogP contribution is -2.51. The van der Waals surface area contributed by atoms with Crippen LogP contribution in [0.25, 0.3) is 0 Å².